The molecule has 1 aromatic heterocycles. The Labute approximate surface area is 90.7 Å². The van der Waals surface area contributed by atoms with Crippen LogP contribution in [0, 0.1) is 0 Å². The van der Waals surface area contributed by atoms with Gasteiger partial charge < -0.3 is 10.2 Å². The van der Waals surface area contributed by atoms with Gasteiger partial charge in [0.05, 0.1) is 5.69 Å². The number of fused-ring (bicyclic) bond motifs is 1. The Hall–Kier alpha value is -1.16. The SMILES string of the molecule is CCN(CC)c1ncc2c(n1)CNCC2. The molecule has 15 heavy (non-hydrogen) atoms. The van der Waals surface area contributed by atoms with Crippen molar-refractivity contribution in [3.05, 3.63) is 17.5 Å². The average Bonchev–Trinajstić information content (AvgIpc) is 2.30. The van der Waals surface area contributed by atoms with Crippen molar-refractivity contribution < 1.29 is 0 Å². The minimum atomic E-state index is 0.863. The molecule has 0 aromatic carbocycles. The minimum Gasteiger partial charge on any atom is -0.341 e. The molecule has 2 rings (SSSR count). The molecule has 0 aliphatic carbocycles. The molecule has 2 heterocycles. The Morgan fingerprint density at radius 1 is 1.40 bits per heavy atom. The lowest BCUT2D eigenvalue weighted by Gasteiger charge is -2.21. The summed E-state index contributed by atoms with van der Waals surface area (Å²) < 4.78 is 0. The molecule has 1 aromatic rings. The van der Waals surface area contributed by atoms with E-state index in [1.165, 1.54) is 5.56 Å². The lowest BCUT2D eigenvalue weighted by Crippen LogP contribution is -2.28. The first-order valence-corrected chi connectivity index (χ1v) is 5.65. The molecular formula is C11H18N4. The maximum absolute atomic E-state index is 4.61. The Morgan fingerprint density at radius 2 is 2.20 bits per heavy atom. The van der Waals surface area contributed by atoms with E-state index in [-0.39, 0.29) is 0 Å². The van der Waals surface area contributed by atoms with Crippen LogP contribution in [-0.4, -0.2) is 29.6 Å². The molecule has 0 amide bonds. The maximum atomic E-state index is 4.61. The summed E-state index contributed by atoms with van der Waals surface area (Å²) in [6.07, 6.45) is 3.03. The van der Waals surface area contributed by atoms with E-state index in [4.69, 9.17) is 0 Å². The predicted molar refractivity (Wildman–Crippen MR) is 61.0 cm³/mol. The van der Waals surface area contributed by atoms with Gasteiger partial charge >= 0.3 is 0 Å². The van der Waals surface area contributed by atoms with Gasteiger partial charge in [-0.05, 0) is 32.4 Å². The Morgan fingerprint density at radius 3 is 2.93 bits per heavy atom. The largest absolute Gasteiger partial charge is 0.341 e. The average molecular weight is 206 g/mol. The van der Waals surface area contributed by atoms with Crippen LogP contribution < -0.4 is 10.2 Å². The van der Waals surface area contributed by atoms with E-state index >= 15 is 0 Å². The number of rotatable bonds is 3. The molecule has 0 bridgehead atoms. The number of nitrogens with one attached hydrogen (secondary N) is 1. The van der Waals surface area contributed by atoms with Crippen molar-refractivity contribution >= 4 is 5.95 Å². The third kappa shape index (κ3) is 2.09. The zero-order chi connectivity index (χ0) is 10.7. The standard InChI is InChI=1S/C11H18N4/c1-3-15(4-2)11-13-7-9-5-6-12-8-10(9)14-11/h7,12H,3-6,8H2,1-2H3. The van der Waals surface area contributed by atoms with Gasteiger partial charge in [0.15, 0.2) is 0 Å². The molecule has 0 spiro atoms. The number of anilines is 1. The van der Waals surface area contributed by atoms with Gasteiger partial charge in [0, 0.05) is 25.8 Å². The number of aromatic nitrogens is 2. The first-order valence-electron chi connectivity index (χ1n) is 5.65. The molecule has 1 aliphatic rings. The molecule has 0 radical (unpaired) electrons. The van der Waals surface area contributed by atoms with E-state index in [9.17, 15) is 0 Å². The van der Waals surface area contributed by atoms with E-state index < -0.39 is 0 Å². The molecule has 4 nitrogen and oxygen atoms in total. The van der Waals surface area contributed by atoms with Crippen LogP contribution in [0.1, 0.15) is 25.1 Å². The summed E-state index contributed by atoms with van der Waals surface area (Å²) in [5, 5.41) is 3.33. The van der Waals surface area contributed by atoms with Crippen LogP contribution in [0.4, 0.5) is 5.95 Å². The van der Waals surface area contributed by atoms with Gasteiger partial charge in [-0.1, -0.05) is 0 Å². The third-order valence-corrected chi connectivity index (χ3v) is 2.85. The Bertz CT molecular complexity index is 333. The molecule has 0 unspecified atom stereocenters. The molecule has 82 valence electrons. The van der Waals surface area contributed by atoms with Gasteiger partial charge in [-0.2, -0.15) is 0 Å². The second-order valence-corrected chi connectivity index (χ2v) is 3.74. The molecule has 0 saturated carbocycles. The van der Waals surface area contributed by atoms with Crippen LogP contribution in [0.3, 0.4) is 0 Å². The first kappa shape index (κ1) is 10.4. The normalized spacial score (nSPS) is 14.8. The summed E-state index contributed by atoms with van der Waals surface area (Å²) in [5.74, 6) is 0.863. The summed E-state index contributed by atoms with van der Waals surface area (Å²) in [5.41, 5.74) is 2.46. The van der Waals surface area contributed by atoms with Crippen LogP contribution in [0.15, 0.2) is 6.20 Å². The quantitative estimate of drug-likeness (QED) is 0.800. The highest BCUT2D eigenvalue weighted by molar-refractivity contribution is 5.33. The zero-order valence-corrected chi connectivity index (χ0v) is 9.45. The molecular weight excluding hydrogens is 188 g/mol. The summed E-state index contributed by atoms with van der Waals surface area (Å²) in [4.78, 5) is 11.2. The highest BCUT2D eigenvalue weighted by Crippen LogP contribution is 2.14. The lowest BCUT2D eigenvalue weighted by molar-refractivity contribution is 0.620. The minimum absolute atomic E-state index is 0.863. The molecule has 0 fully saturated rings. The molecule has 0 atom stereocenters. The van der Waals surface area contributed by atoms with Crippen molar-refractivity contribution in [2.45, 2.75) is 26.8 Å². The van der Waals surface area contributed by atoms with Crippen LogP contribution in [0.25, 0.3) is 0 Å². The fourth-order valence-corrected chi connectivity index (χ4v) is 1.88. The molecule has 4 heteroatoms. The van der Waals surface area contributed by atoms with Gasteiger partial charge in [0.25, 0.3) is 0 Å². The summed E-state index contributed by atoms with van der Waals surface area (Å²) >= 11 is 0. The van der Waals surface area contributed by atoms with Crippen molar-refractivity contribution in [1.82, 2.24) is 15.3 Å². The highest BCUT2D eigenvalue weighted by atomic mass is 15.2. The monoisotopic (exact) mass is 206 g/mol. The van der Waals surface area contributed by atoms with E-state index in [0.717, 1.165) is 44.2 Å². The highest BCUT2D eigenvalue weighted by Gasteiger charge is 2.13. The van der Waals surface area contributed by atoms with E-state index in [2.05, 4.69) is 34.0 Å². The van der Waals surface area contributed by atoms with E-state index in [1.807, 2.05) is 6.20 Å². The van der Waals surface area contributed by atoms with Gasteiger partial charge in [-0.25, -0.2) is 9.97 Å². The van der Waals surface area contributed by atoms with Crippen molar-refractivity contribution in [3.63, 3.8) is 0 Å². The van der Waals surface area contributed by atoms with Crippen molar-refractivity contribution in [3.8, 4) is 0 Å². The van der Waals surface area contributed by atoms with Crippen LogP contribution in [-0.2, 0) is 13.0 Å². The topological polar surface area (TPSA) is 41.1 Å². The van der Waals surface area contributed by atoms with Crippen molar-refractivity contribution in [1.29, 1.82) is 0 Å². The number of nitrogens with zero attached hydrogens (tertiary/aromatic N) is 3. The van der Waals surface area contributed by atoms with Crippen molar-refractivity contribution in [2.24, 2.45) is 0 Å². The molecule has 0 saturated heterocycles. The second kappa shape index (κ2) is 4.57. The van der Waals surface area contributed by atoms with Gasteiger partial charge in [0.1, 0.15) is 0 Å². The van der Waals surface area contributed by atoms with Gasteiger partial charge in [0.2, 0.25) is 5.95 Å². The van der Waals surface area contributed by atoms with Gasteiger partial charge in [-0.15, -0.1) is 0 Å². The predicted octanol–water partition coefficient (Wildman–Crippen LogP) is 0.968. The fourth-order valence-electron chi connectivity index (χ4n) is 1.88. The fraction of sp³-hybridized carbons (Fsp3) is 0.636. The Kier molecular flexibility index (Phi) is 3.16. The zero-order valence-electron chi connectivity index (χ0n) is 9.45. The maximum Gasteiger partial charge on any atom is 0.225 e. The third-order valence-electron chi connectivity index (χ3n) is 2.85. The van der Waals surface area contributed by atoms with Gasteiger partial charge in [-0.3, -0.25) is 0 Å². The molecule has 1 aliphatic heterocycles. The van der Waals surface area contributed by atoms with E-state index in [0.29, 0.717) is 0 Å². The smallest absolute Gasteiger partial charge is 0.225 e. The molecule has 1 N–H and O–H groups in total. The van der Waals surface area contributed by atoms with Crippen LogP contribution in [0.5, 0.6) is 0 Å². The number of hydrogen-bond donors (Lipinski definition) is 1. The van der Waals surface area contributed by atoms with Crippen LogP contribution in [0.2, 0.25) is 0 Å². The second-order valence-electron chi connectivity index (χ2n) is 3.74. The summed E-state index contributed by atoms with van der Waals surface area (Å²) in [7, 11) is 0. The number of hydrogen-bond acceptors (Lipinski definition) is 4. The van der Waals surface area contributed by atoms with E-state index in [1.54, 1.807) is 0 Å². The Balaban J connectivity index is 2.27. The summed E-state index contributed by atoms with van der Waals surface area (Å²) in [6, 6.07) is 0. The lowest BCUT2D eigenvalue weighted by atomic mass is 10.1. The summed E-state index contributed by atoms with van der Waals surface area (Å²) in [6.45, 7) is 8.10. The first-order chi connectivity index (χ1) is 7.35. The van der Waals surface area contributed by atoms with Crippen LogP contribution >= 0.6 is 0 Å². The van der Waals surface area contributed by atoms with Crippen molar-refractivity contribution in [2.75, 3.05) is 24.5 Å².